The van der Waals surface area contributed by atoms with E-state index < -0.39 is 0 Å². The Morgan fingerprint density at radius 3 is 2.60 bits per heavy atom. The molecule has 1 rings (SSSR count). The first-order chi connectivity index (χ1) is 7.36. The molecule has 4 nitrogen and oxygen atoms in total. The van der Waals surface area contributed by atoms with Crippen molar-refractivity contribution in [2.45, 2.75) is 51.9 Å². The summed E-state index contributed by atoms with van der Waals surface area (Å²) in [5.41, 5.74) is 0. The van der Waals surface area contributed by atoms with E-state index in [2.05, 4.69) is 21.6 Å². The molecule has 0 N–H and O–H groups in total. The lowest BCUT2D eigenvalue weighted by Gasteiger charge is -1.97. The molecule has 0 spiro atoms. The number of aromatic nitrogens is 2. The first-order valence-corrected chi connectivity index (χ1v) is 5.64. The average molecular weight is 210 g/mol. The van der Waals surface area contributed by atoms with Crippen molar-refractivity contribution in [2.24, 2.45) is 0 Å². The molecule has 0 amide bonds. The van der Waals surface area contributed by atoms with E-state index in [0.29, 0.717) is 12.1 Å². The quantitative estimate of drug-likeness (QED) is 0.489. The maximum Gasteiger partial charge on any atom is 0.290 e. The van der Waals surface area contributed by atoms with Crippen LogP contribution in [0.5, 0.6) is 0 Å². The number of aldehydes is 1. The molecule has 1 aromatic rings. The van der Waals surface area contributed by atoms with Crippen molar-refractivity contribution in [1.29, 1.82) is 0 Å². The number of nitrogens with zero attached hydrogens (tertiary/aromatic N) is 2. The van der Waals surface area contributed by atoms with Gasteiger partial charge in [0.15, 0.2) is 5.82 Å². The van der Waals surface area contributed by atoms with Crippen LogP contribution in [0.25, 0.3) is 0 Å². The van der Waals surface area contributed by atoms with Crippen LogP contribution < -0.4 is 0 Å². The summed E-state index contributed by atoms with van der Waals surface area (Å²) in [5, 5.41) is 3.70. The number of carbonyl (C=O) groups is 1. The maximum atomic E-state index is 10.3. The van der Waals surface area contributed by atoms with Gasteiger partial charge in [-0.3, -0.25) is 4.79 Å². The predicted octanol–water partition coefficient (Wildman–Crippen LogP) is 2.79. The normalized spacial score (nSPS) is 10.5. The Morgan fingerprint density at radius 1 is 1.20 bits per heavy atom. The van der Waals surface area contributed by atoms with Gasteiger partial charge in [-0.25, -0.2) is 0 Å². The summed E-state index contributed by atoms with van der Waals surface area (Å²) in [5.74, 6) is 0.726. The summed E-state index contributed by atoms with van der Waals surface area (Å²) in [6.07, 6.45) is 8.83. The second-order valence-corrected chi connectivity index (χ2v) is 3.68. The third kappa shape index (κ3) is 4.72. The Balaban J connectivity index is 2.07. The zero-order valence-electron chi connectivity index (χ0n) is 9.24. The van der Waals surface area contributed by atoms with Crippen LogP contribution >= 0.6 is 0 Å². The third-order valence-electron chi connectivity index (χ3n) is 2.34. The van der Waals surface area contributed by atoms with Crippen molar-refractivity contribution in [2.75, 3.05) is 0 Å². The number of hydrogen-bond donors (Lipinski definition) is 0. The fourth-order valence-corrected chi connectivity index (χ4v) is 1.48. The molecule has 4 heteroatoms. The molecule has 0 bridgehead atoms. The molecule has 1 heterocycles. The lowest BCUT2D eigenvalue weighted by Crippen LogP contribution is -1.89. The molecule has 0 aliphatic heterocycles. The van der Waals surface area contributed by atoms with Crippen LogP contribution in [0.2, 0.25) is 0 Å². The first kappa shape index (κ1) is 11.9. The van der Waals surface area contributed by atoms with Gasteiger partial charge < -0.3 is 4.52 Å². The average Bonchev–Trinajstić information content (AvgIpc) is 2.71. The fourth-order valence-electron chi connectivity index (χ4n) is 1.48. The second-order valence-electron chi connectivity index (χ2n) is 3.68. The molecular weight excluding hydrogens is 192 g/mol. The molecule has 15 heavy (non-hydrogen) atoms. The Labute approximate surface area is 90.1 Å². The molecule has 0 saturated heterocycles. The minimum absolute atomic E-state index is 0.0796. The van der Waals surface area contributed by atoms with E-state index >= 15 is 0 Å². The highest BCUT2D eigenvalue weighted by Crippen LogP contribution is 2.07. The smallest absolute Gasteiger partial charge is 0.290 e. The Kier molecular flexibility index (Phi) is 5.66. The highest BCUT2D eigenvalue weighted by molar-refractivity contribution is 5.66. The molecule has 0 aromatic carbocycles. The lowest BCUT2D eigenvalue weighted by atomic mass is 10.1. The number of unbranched alkanes of at least 4 members (excludes halogenated alkanes) is 5. The van der Waals surface area contributed by atoms with Crippen molar-refractivity contribution in [3.63, 3.8) is 0 Å². The van der Waals surface area contributed by atoms with Crippen molar-refractivity contribution in [1.82, 2.24) is 10.1 Å². The van der Waals surface area contributed by atoms with Crippen molar-refractivity contribution < 1.29 is 9.32 Å². The number of hydrogen-bond acceptors (Lipinski definition) is 4. The van der Waals surface area contributed by atoms with Crippen LogP contribution in [0.3, 0.4) is 0 Å². The molecular formula is C11H18N2O2. The van der Waals surface area contributed by atoms with E-state index in [-0.39, 0.29) is 5.89 Å². The minimum Gasteiger partial charge on any atom is -0.331 e. The van der Waals surface area contributed by atoms with E-state index in [1.54, 1.807) is 0 Å². The second kappa shape index (κ2) is 7.15. The fraction of sp³-hybridized carbons (Fsp3) is 0.727. The molecule has 0 radical (unpaired) electrons. The number of aryl methyl sites for hydroxylation is 1. The van der Waals surface area contributed by atoms with Crippen LogP contribution in [0, 0.1) is 0 Å². The van der Waals surface area contributed by atoms with Crippen molar-refractivity contribution in [3.05, 3.63) is 11.7 Å². The summed E-state index contributed by atoms with van der Waals surface area (Å²) < 4.78 is 4.68. The van der Waals surface area contributed by atoms with Gasteiger partial charge in [0.05, 0.1) is 0 Å². The standard InChI is InChI=1S/C11H18N2O2/c1-2-3-4-5-6-7-8-10-12-11(9-14)15-13-10/h9H,2-8H2,1H3. The lowest BCUT2D eigenvalue weighted by molar-refractivity contribution is 0.108. The summed E-state index contributed by atoms with van der Waals surface area (Å²) in [6.45, 7) is 2.21. The van der Waals surface area contributed by atoms with Gasteiger partial charge in [-0.15, -0.1) is 0 Å². The minimum atomic E-state index is 0.0796. The van der Waals surface area contributed by atoms with Gasteiger partial charge in [-0.05, 0) is 6.42 Å². The van der Waals surface area contributed by atoms with Crippen LogP contribution in [0.15, 0.2) is 4.52 Å². The molecule has 0 aliphatic carbocycles. The van der Waals surface area contributed by atoms with Crippen LogP contribution in [0.4, 0.5) is 0 Å². The third-order valence-corrected chi connectivity index (χ3v) is 2.34. The molecule has 0 atom stereocenters. The molecule has 84 valence electrons. The predicted molar refractivity (Wildman–Crippen MR) is 56.8 cm³/mol. The highest BCUT2D eigenvalue weighted by Gasteiger charge is 2.03. The Morgan fingerprint density at radius 2 is 1.93 bits per heavy atom. The van der Waals surface area contributed by atoms with Gasteiger partial charge in [-0.2, -0.15) is 4.98 Å². The molecule has 1 aromatic heterocycles. The zero-order valence-corrected chi connectivity index (χ0v) is 9.24. The van der Waals surface area contributed by atoms with Gasteiger partial charge in [0, 0.05) is 6.42 Å². The molecule has 0 aliphatic rings. The van der Waals surface area contributed by atoms with Gasteiger partial charge >= 0.3 is 0 Å². The van der Waals surface area contributed by atoms with Crippen molar-refractivity contribution >= 4 is 6.29 Å². The van der Waals surface area contributed by atoms with E-state index in [0.717, 1.165) is 12.8 Å². The topological polar surface area (TPSA) is 56.0 Å². The summed E-state index contributed by atoms with van der Waals surface area (Å²) in [4.78, 5) is 14.2. The van der Waals surface area contributed by atoms with Crippen LogP contribution in [-0.2, 0) is 6.42 Å². The van der Waals surface area contributed by atoms with Gasteiger partial charge in [0.1, 0.15) is 0 Å². The van der Waals surface area contributed by atoms with Crippen LogP contribution in [0.1, 0.15) is 62.0 Å². The monoisotopic (exact) mass is 210 g/mol. The van der Waals surface area contributed by atoms with Crippen LogP contribution in [-0.4, -0.2) is 16.4 Å². The van der Waals surface area contributed by atoms with Gasteiger partial charge in [-0.1, -0.05) is 44.2 Å². The summed E-state index contributed by atoms with van der Waals surface area (Å²) in [7, 11) is 0. The van der Waals surface area contributed by atoms with E-state index in [1.165, 1.54) is 32.1 Å². The Hall–Kier alpha value is -1.19. The van der Waals surface area contributed by atoms with E-state index in [4.69, 9.17) is 0 Å². The van der Waals surface area contributed by atoms with E-state index in [1.807, 2.05) is 0 Å². The largest absolute Gasteiger partial charge is 0.331 e. The van der Waals surface area contributed by atoms with Gasteiger partial charge in [0.2, 0.25) is 6.29 Å². The maximum absolute atomic E-state index is 10.3. The van der Waals surface area contributed by atoms with Crippen molar-refractivity contribution in [3.8, 4) is 0 Å². The highest BCUT2D eigenvalue weighted by atomic mass is 16.5. The zero-order chi connectivity index (χ0) is 10.9. The van der Waals surface area contributed by atoms with Gasteiger partial charge in [0.25, 0.3) is 5.89 Å². The number of rotatable bonds is 8. The Bertz CT molecular complexity index is 284. The molecule has 0 fully saturated rings. The van der Waals surface area contributed by atoms with E-state index in [9.17, 15) is 4.79 Å². The first-order valence-electron chi connectivity index (χ1n) is 5.64. The molecule has 0 saturated carbocycles. The molecule has 0 unspecified atom stereocenters. The SMILES string of the molecule is CCCCCCCCc1noc(C=O)n1. The summed E-state index contributed by atoms with van der Waals surface area (Å²) in [6, 6.07) is 0. The summed E-state index contributed by atoms with van der Waals surface area (Å²) >= 11 is 0. The number of carbonyl (C=O) groups excluding carboxylic acids is 1.